The standard InChI is InChI=1S/C32H20N2.Pt/c1-3-13-27-23(9-1)11-7-15-29(27)30-17-8-12-26(34-30)21-20-25-19-18-24-10-2-4-14-28(24)32(25)31-16-5-6-22-33-31;/h1-14,16-19,21-22H;/q-2;+2. The molecule has 0 aliphatic carbocycles. The largest absolute Gasteiger partial charge is 2.00 e. The van der Waals surface area contributed by atoms with E-state index in [0.29, 0.717) is 0 Å². The van der Waals surface area contributed by atoms with Crippen molar-refractivity contribution >= 4 is 27.6 Å². The van der Waals surface area contributed by atoms with Gasteiger partial charge in [-0.05, 0) is 28.9 Å². The number of benzene rings is 4. The zero-order chi connectivity index (χ0) is 22.7. The molecule has 0 saturated heterocycles. The first-order valence-electron chi connectivity index (χ1n) is 11.3. The Balaban J connectivity index is 0.00000253. The van der Waals surface area contributed by atoms with E-state index in [1.807, 2.05) is 54.7 Å². The summed E-state index contributed by atoms with van der Waals surface area (Å²) in [4.78, 5) is 9.53. The van der Waals surface area contributed by atoms with Crippen molar-refractivity contribution < 1.29 is 21.1 Å². The molecule has 0 atom stereocenters. The number of hydrogen-bond acceptors (Lipinski definition) is 2. The summed E-state index contributed by atoms with van der Waals surface area (Å²) in [6.07, 6.45) is 7.28. The van der Waals surface area contributed by atoms with Gasteiger partial charge in [-0.15, -0.1) is 52.9 Å². The monoisotopic (exact) mass is 627 g/mol. The van der Waals surface area contributed by atoms with Crippen LogP contribution < -0.4 is 0 Å². The predicted octanol–water partition coefficient (Wildman–Crippen LogP) is 7.78. The van der Waals surface area contributed by atoms with Gasteiger partial charge in [0.1, 0.15) is 0 Å². The molecule has 0 aliphatic heterocycles. The van der Waals surface area contributed by atoms with Crippen LogP contribution in [0, 0.1) is 12.1 Å². The van der Waals surface area contributed by atoms with Gasteiger partial charge in [0.05, 0.1) is 0 Å². The molecule has 0 unspecified atom stereocenters. The Kier molecular flexibility index (Phi) is 6.66. The maximum atomic E-state index is 4.91. The zero-order valence-electron chi connectivity index (χ0n) is 18.8. The Bertz CT molecular complexity index is 1650. The van der Waals surface area contributed by atoms with E-state index in [0.717, 1.165) is 44.5 Å². The summed E-state index contributed by atoms with van der Waals surface area (Å²) in [5, 5.41) is 4.67. The summed E-state index contributed by atoms with van der Waals surface area (Å²) in [7, 11) is 0. The van der Waals surface area contributed by atoms with Gasteiger partial charge in [0.2, 0.25) is 0 Å². The maximum Gasteiger partial charge on any atom is 2.00 e. The van der Waals surface area contributed by atoms with Crippen molar-refractivity contribution in [2.24, 2.45) is 0 Å². The van der Waals surface area contributed by atoms with Gasteiger partial charge < -0.3 is 4.98 Å². The number of hydrogen-bond donors (Lipinski definition) is 0. The minimum atomic E-state index is 0. The third-order valence-electron chi connectivity index (χ3n) is 5.97. The quantitative estimate of drug-likeness (QED) is 0.187. The third-order valence-corrected chi connectivity index (χ3v) is 5.97. The molecule has 6 aromatic rings. The smallest absolute Gasteiger partial charge is 0.345 e. The molecule has 2 heterocycles. The van der Waals surface area contributed by atoms with Crippen molar-refractivity contribution in [2.45, 2.75) is 0 Å². The van der Waals surface area contributed by atoms with E-state index in [1.165, 1.54) is 10.8 Å². The summed E-state index contributed by atoms with van der Waals surface area (Å²) in [6, 6.07) is 40.4. The van der Waals surface area contributed by atoms with E-state index in [2.05, 4.69) is 83.9 Å². The first kappa shape index (κ1) is 22.9. The minimum Gasteiger partial charge on any atom is -0.345 e. The van der Waals surface area contributed by atoms with Gasteiger partial charge in [0.25, 0.3) is 0 Å². The van der Waals surface area contributed by atoms with Crippen LogP contribution in [0.5, 0.6) is 0 Å². The minimum absolute atomic E-state index is 0. The summed E-state index contributed by atoms with van der Waals surface area (Å²) in [6.45, 7) is 0. The van der Waals surface area contributed by atoms with Crippen LogP contribution in [0.2, 0.25) is 0 Å². The van der Waals surface area contributed by atoms with Crippen LogP contribution >= 0.6 is 0 Å². The molecule has 0 saturated carbocycles. The van der Waals surface area contributed by atoms with Crippen molar-refractivity contribution in [3.8, 4) is 22.5 Å². The zero-order valence-corrected chi connectivity index (χ0v) is 21.0. The molecular weight excluding hydrogens is 607 g/mol. The van der Waals surface area contributed by atoms with E-state index < -0.39 is 0 Å². The molecule has 3 heteroatoms. The number of aromatic nitrogens is 2. The van der Waals surface area contributed by atoms with Gasteiger partial charge in [-0.1, -0.05) is 95.2 Å². The number of pyridine rings is 2. The first-order valence-corrected chi connectivity index (χ1v) is 11.3. The second kappa shape index (κ2) is 10.2. The SMILES string of the molecule is [C-](=Cc1cccc(-c2[c-]ccc3ccccc23)n1)c1ccc2ccccc2c1-c1ccccn1.[Pt+2]. The molecule has 4 aromatic carbocycles. The number of fused-ring (bicyclic) bond motifs is 2. The molecule has 0 amide bonds. The normalized spacial score (nSPS) is 11.1. The van der Waals surface area contributed by atoms with E-state index in [-0.39, 0.29) is 21.1 Å². The molecule has 0 bridgehead atoms. The van der Waals surface area contributed by atoms with Gasteiger partial charge in [-0.2, -0.15) is 0 Å². The molecule has 35 heavy (non-hydrogen) atoms. The second-order valence-corrected chi connectivity index (χ2v) is 8.10. The average molecular weight is 628 g/mol. The Morgan fingerprint density at radius 1 is 0.657 bits per heavy atom. The van der Waals surface area contributed by atoms with Crippen LogP contribution in [0.1, 0.15) is 11.3 Å². The first-order chi connectivity index (χ1) is 16.9. The molecule has 0 N–H and O–H groups in total. The van der Waals surface area contributed by atoms with E-state index >= 15 is 0 Å². The molecule has 0 radical (unpaired) electrons. The molecule has 0 aliphatic rings. The average Bonchev–Trinajstić information content (AvgIpc) is 2.92. The van der Waals surface area contributed by atoms with Crippen molar-refractivity contribution in [3.05, 3.63) is 139 Å². The van der Waals surface area contributed by atoms with Crippen LogP contribution in [0.15, 0.2) is 115 Å². The molecule has 0 spiro atoms. The molecular formula is C32H20N2Pt. The Hall–Kier alpha value is -3.87. The number of nitrogens with zero attached hydrogens (tertiary/aromatic N) is 2. The van der Waals surface area contributed by atoms with E-state index in [4.69, 9.17) is 4.98 Å². The fraction of sp³-hybridized carbons (Fsp3) is 0. The van der Waals surface area contributed by atoms with Gasteiger partial charge in [0.15, 0.2) is 0 Å². The maximum absolute atomic E-state index is 4.91. The van der Waals surface area contributed by atoms with Crippen LogP contribution in [0.3, 0.4) is 0 Å². The molecule has 2 nitrogen and oxygen atoms in total. The fourth-order valence-electron chi connectivity index (χ4n) is 4.38. The van der Waals surface area contributed by atoms with Crippen molar-refractivity contribution in [1.29, 1.82) is 0 Å². The van der Waals surface area contributed by atoms with Gasteiger partial charge in [-0.25, -0.2) is 0 Å². The Labute approximate surface area is 219 Å². The van der Waals surface area contributed by atoms with E-state index in [9.17, 15) is 0 Å². The van der Waals surface area contributed by atoms with Crippen LogP contribution in [-0.2, 0) is 21.1 Å². The Morgan fingerprint density at radius 3 is 2.23 bits per heavy atom. The van der Waals surface area contributed by atoms with Gasteiger partial charge in [0, 0.05) is 11.9 Å². The van der Waals surface area contributed by atoms with Crippen LogP contribution in [-0.4, -0.2) is 9.97 Å². The summed E-state index contributed by atoms with van der Waals surface area (Å²) in [5.41, 5.74) is 5.75. The summed E-state index contributed by atoms with van der Waals surface area (Å²) < 4.78 is 0. The van der Waals surface area contributed by atoms with Crippen molar-refractivity contribution in [2.75, 3.05) is 0 Å². The second-order valence-electron chi connectivity index (χ2n) is 8.10. The van der Waals surface area contributed by atoms with E-state index in [1.54, 1.807) is 0 Å². The predicted molar refractivity (Wildman–Crippen MR) is 140 cm³/mol. The molecule has 0 fully saturated rings. The Morgan fingerprint density at radius 2 is 1.40 bits per heavy atom. The van der Waals surface area contributed by atoms with Gasteiger partial charge in [-0.3, -0.25) is 4.98 Å². The van der Waals surface area contributed by atoms with Gasteiger partial charge >= 0.3 is 21.1 Å². The summed E-state index contributed by atoms with van der Waals surface area (Å²) >= 11 is 0. The topological polar surface area (TPSA) is 25.8 Å². The third kappa shape index (κ3) is 4.58. The fourth-order valence-corrected chi connectivity index (χ4v) is 4.38. The van der Waals surface area contributed by atoms with Crippen molar-refractivity contribution in [1.82, 2.24) is 9.97 Å². The van der Waals surface area contributed by atoms with Crippen LogP contribution in [0.4, 0.5) is 0 Å². The molecule has 6 rings (SSSR count). The summed E-state index contributed by atoms with van der Waals surface area (Å²) in [5.74, 6) is 0. The van der Waals surface area contributed by atoms with Crippen LogP contribution in [0.25, 0.3) is 50.1 Å². The molecule has 168 valence electrons. The molecule has 2 aromatic heterocycles. The van der Waals surface area contributed by atoms with Crippen molar-refractivity contribution in [3.63, 3.8) is 0 Å². The number of rotatable bonds is 4.